The van der Waals surface area contributed by atoms with Gasteiger partial charge in [0.1, 0.15) is 11.5 Å². The van der Waals surface area contributed by atoms with Gasteiger partial charge < -0.3 is 14.9 Å². The Morgan fingerprint density at radius 2 is 1.55 bits per heavy atom. The van der Waals surface area contributed by atoms with Crippen LogP contribution in [0.25, 0.3) is 0 Å². The van der Waals surface area contributed by atoms with E-state index < -0.39 is 21.9 Å². The van der Waals surface area contributed by atoms with Crippen molar-refractivity contribution in [1.29, 1.82) is 0 Å². The lowest BCUT2D eigenvalue weighted by molar-refractivity contribution is 0.0695. The molecule has 0 amide bonds. The Labute approximate surface area is 280 Å². The smallest absolute Gasteiger partial charge is 0.336 e. The molecule has 47 heavy (non-hydrogen) atoms. The summed E-state index contributed by atoms with van der Waals surface area (Å²) in [6, 6.07) is 35.1. The molecular weight excluding hydrogens is 634 g/mol. The zero-order valence-corrected chi connectivity index (χ0v) is 27.5. The Morgan fingerprint density at radius 1 is 0.830 bits per heavy atom. The minimum absolute atomic E-state index is 0.0687. The number of aliphatic hydroxyl groups is 1. The van der Waals surface area contributed by atoms with Crippen molar-refractivity contribution in [3.63, 3.8) is 0 Å². The van der Waals surface area contributed by atoms with Gasteiger partial charge in [0.05, 0.1) is 21.5 Å². The van der Waals surface area contributed by atoms with E-state index in [4.69, 9.17) is 16.3 Å². The summed E-state index contributed by atoms with van der Waals surface area (Å²) >= 11 is 6.15. The first-order valence-electron chi connectivity index (χ1n) is 15.3. The maximum Gasteiger partial charge on any atom is 0.336 e. The second-order valence-corrected chi connectivity index (χ2v) is 13.6. The number of halogens is 1. The maximum atomic E-state index is 13.6. The number of hydrogen-bond acceptors (Lipinski definition) is 6. The molecule has 0 aliphatic rings. The quantitative estimate of drug-likeness (QED) is 0.123. The predicted molar refractivity (Wildman–Crippen MR) is 183 cm³/mol. The van der Waals surface area contributed by atoms with E-state index in [1.54, 1.807) is 48.5 Å². The van der Waals surface area contributed by atoms with Crippen LogP contribution in [-0.4, -0.2) is 42.6 Å². The molecule has 1 atom stereocenters. The molecule has 0 aromatic heterocycles. The molecule has 0 spiro atoms. The molecule has 242 valence electrons. The van der Waals surface area contributed by atoms with E-state index in [9.17, 15) is 23.4 Å². The molecular formula is C38H36ClNO6S. The number of aromatic carboxylic acids is 1. The number of nitrogens with zero attached hydrogens (tertiary/aromatic N) is 1. The minimum atomic E-state index is -3.86. The normalized spacial score (nSPS) is 12.2. The van der Waals surface area contributed by atoms with Gasteiger partial charge in [-0.1, -0.05) is 85.3 Å². The maximum absolute atomic E-state index is 13.6. The van der Waals surface area contributed by atoms with E-state index in [-0.39, 0.29) is 15.4 Å². The largest absolute Gasteiger partial charge is 0.478 e. The van der Waals surface area contributed by atoms with Crippen molar-refractivity contribution < 1.29 is 28.2 Å². The lowest BCUT2D eigenvalue weighted by Gasteiger charge is -2.25. The number of sulfone groups is 1. The van der Waals surface area contributed by atoms with Crippen molar-refractivity contribution in [1.82, 2.24) is 4.90 Å². The zero-order valence-electron chi connectivity index (χ0n) is 25.9. The van der Waals surface area contributed by atoms with Gasteiger partial charge in [0.15, 0.2) is 0 Å². The number of ether oxygens (including phenoxy) is 1. The summed E-state index contributed by atoms with van der Waals surface area (Å²) < 4.78 is 33.2. The highest BCUT2D eigenvalue weighted by atomic mass is 35.5. The second kappa shape index (κ2) is 15.4. The first-order valence-corrected chi connectivity index (χ1v) is 17.2. The van der Waals surface area contributed by atoms with Crippen molar-refractivity contribution in [3.8, 4) is 11.5 Å². The number of hydrogen-bond donors (Lipinski definition) is 2. The minimum Gasteiger partial charge on any atom is -0.478 e. The van der Waals surface area contributed by atoms with Crippen molar-refractivity contribution >= 4 is 27.4 Å². The summed E-state index contributed by atoms with van der Waals surface area (Å²) in [6.07, 6.45) is 0.363. The van der Waals surface area contributed by atoms with Crippen LogP contribution in [0.2, 0.25) is 5.02 Å². The topological polar surface area (TPSA) is 104 Å². The highest BCUT2D eigenvalue weighted by molar-refractivity contribution is 7.91. The van der Waals surface area contributed by atoms with Crippen molar-refractivity contribution in [2.24, 2.45) is 0 Å². The van der Waals surface area contributed by atoms with E-state index in [0.29, 0.717) is 54.6 Å². The molecule has 7 nitrogen and oxygen atoms in total. The van der Waals surface area contributed by atoms with Gasteiger partial charge in [-0.2, -0.15) is 0 Å². The van der Waals surface area contributed by atoms with Crippen LogP contribution in [-0.2, 0) is 29.2 Å². The third-order valence-corrected chi connectivity index (χ3v) is 9.93. The van der Waals surface area contributed by atoms with E-state index >= 15 is 0 Å². The highest BCUT2D eigenvalue weighted by Gasteiger charge is 2.20. The fourth-order valence-electron chi connectivity index (χ4n) is 5.46. The van der Waals surface area contributed by atoms with Gasteiger partial charge in [-0.05, 0) is 84.1 Å². The van der Waals surface area contributed by atoms with Gasteiger partial charge in [-0.3, -0.25) is 4.90 Å². The van der Waals surface area contributed by atoms with Gasteiger partial charge in [0.25, 0.3) is 0 Å². The number of benzene rings is 5. The molecule has 0 aliphatic heterocycles. The summed E-state index contributed by atoms with van der Waals surface area (Å²) in [5.41, 5.74) is 3.51. The number of aliphatic hydroxyl groups excluding tert-OH is 1. The average molecular weight is 670 g/mol. The standard InChI is InChI=1S/C38H36ClNO6S/c1-2-34-35(38(42)43)15-8-16-37(34)46-31-13-7-14-33(24-31)47(44,45)32-19-17-27(18-20-32)21-22-40(25-28-9-4-3-5-10-28)26-36(41)29-11-6-12-30(39)23-29/h3-20,23-24,36,41H,2,21-22,25-26H2,1H3,(H,42,43). The molecule has 5 rings (SSSR count). The second-order valence-electron chi connectivity index (χ2n) is 11.2. The molecule has 0 saturated carbocycles. The van der Waals surface area contributed by atoms with Crippen molar-refractivity contribution in [2.45, 2.75) is 42.2 Å². The molecule has 2 N–H and O–H groups in total. The summed E-state index contributed by atoms with van der Waals surface area (Å²) in [5.74, 6) is -0.391. The summed E-state index contributed by atoms with van der Waals surface area (Å²) in [4.78, 5) is 14.0. The number of rotatable bonds is 14. The lowest BCUT2D eigenvalue weighted by Crippen LogP contribution is -2.30. The number of carboxylic acid groups (broad SMARTS) is 1. The van der Waals surface area contributed by atoms with Gasteiger partial charge in [0, 0.05) is 30.2 Å². The van der Waals surface area contributed by atoms with Crippen LogP contribution in [0.15, 0.2) is 131 Å². The Kier molecular flexibility index (Phi) is 11.1. The van der Waals surface area contributed by atoms with Crippen LogP contribution >= 0.6 is 11.6 Å². The first-order chi connectivity index (χ1) is 22.6. The number of carboxylic acids is 1. The molecule has 0 bridgehead atoms. The Hall–Kier alpha value is -4.47. The van der Waals surface area contributed by atoms with Gasteiger partial charge >= 0.3 is 5.97 Å². The lowest BCUT2D eigenvalue weighted by atomic mass is 10.0. The average Bonchev–Trinajstić information content (AvgIpc) is 3.08. The van der Waals surface area contributed by atoms with Crippen LogP contribution in [0.4, 0.5) is 0 Å². The highest BCUT2D eigenvalue weighted by Crippen LogP contribution is 2.31. The van der Waals surface area contributed by atoms with E-state index in [0.717, 1.165) is 16.7 Å². The fraction of sp³-hybridized carbons (Fsp3) is 0.184. The third-order valence-electron chi connectivity index (χ3n) is 7.92. The van der Waals surface area contributed by atoms with Gasteiger partial charge in [-0.15, -0.1) is 0 Å². The van der Waals surface area contributed by atoms with E-state index in [1.165, 1.54) is 18.2 Å². The van der Waals surface area contributed by atoms with E-state index in [1.807, 2.05) is 61.5 Å². The summed E-state index contributed by atoms with van der Waals surface area (Å²) in [5, 5.41) is 21.1. The molecule has 0 heterocycles. The molecule has 5 aromatic rings. The molecule has 9 heteroatoms. The molecule has 0 fully saturated rings. The van der Waals surface area contributed by atoms with Crippen LogP contribution in [0.1, 0.15) is 45.6 Å². The molecule has 0 saturated heterocycles. The zero-order chi connectivity index (χ0) is 33.4. The van der Waals surface area contributed by atoms with E-state index in [2.05, 4.69) is 4.90 Å². The molecule has 5 aromatic carbocycles. The molecule has 0 radical (unpaired) electrons. The van der Waals surface area contributed by atoms with Crippen molar-refractivity contribution in [2.75, 3.05) is 13.1 Å². The third kappa shape index (κ3) is 8.67. The SMILES string of the molecule is CCc1c(Oc2cccc(S(=O)(=O)c3ccc(CCN(Cc4ccccc4)CC(O)c4cccc(Cl)c4)cc3)c2)cccc1C(=O)O. The molecule has 1 unspecified atom stereocenters. The van der Waals surface area contributed by atoms with Crippen LogP contribution in [0, 0.1) is 0 Å². The van der Waals surface area contributed by atoms with Gasteiger partial charge in [-0.25, -0.2) is 13.2 Å². The first kappa shape index (κ1) is 33.9. The summed E-state index contributed by atoms with van der Waals surface area (Å²) in [6.45, 7) is 3.52. The Balaban J connectivity index is 1.29. The molecule has 0 aliphatic carbocycles. The fourth-order valence-corrected chi connectivity index (χ4v) is 6.95. The monoisotopic (exact) mass is 669 g/mol. The van der Waals surface area contributed by atoms with Gasteiger partial charge in [0.2, 0.25) is 9.84 Å². The van der Waals surface area contributed by atoms with Crippen LogP contribution in [0.5, 0.6) is 11.5 Å². The number of carbonyl (C=O) groups is 1. The van der Waals surface area contributed by atoms with Crippen LogP contribution < -0.4 is 4.74 Å². The Morgan fingerprint density at radius 3 is 2.26 bits per heavy atom. The predicted octanol–water partition coefficient (Wildman–Crippen LogP) is 8.00. The van der Waals surface area contributed by atoms with Crippen LogP contribution in [0.3, 0.4) is 0 Å². The van der Waals surface area contributed by atoms with Crippen molar-refractivity contribution in [3.05, 3.63) is 154 Å². The Bertz CT molecular complexity index is 1930. The summed E-state index contributed by atoms with van der Waals surface area (Å²) in [7, 11) is -3.86.